The van der Waals surface area contributed by atoms with Crippen molar-refractivity contribution in [1.29, 1.82) is 5.26 Å². The lowest BCUT2D eigenvalue weighted by Crippen LogP contribution is -2.42. The molecule has 230 valence electrons. The van der Waals surface area contributed by atoms with Crippen LogP contribution in [0.5, 0.6) is 17.2 Å². The number of imide groups is 1. The van der Waals surface area contributed by atoms with Crippen LogP contribution in [0, 0.1) is 32.1 Å². The van der Waals surface area contributed by atoms with E-state index in [0.29, 0.717) is 37.6 Å². The molecule has 0 aromatic heterocycles. The van der Waals surface area contributed by atoms with Gasteiger partial charge < -0.3 is 14.2 Å². The second-order valence-corrected chi connectivity index (χ2v) is 12.1. The number of thioether (sulfide) groups is 1. The van der Waals surface area contributed by atoms with Gasteiger partial charge >= 0.3 is 6.18 Å². The minimum Gasteiger partial charge on any atom is -0.493 e. The number of halogens is 3. The number of nitrogens with zero attached hydrogens (tertiary/aromatic N) is 1. The Morgan fingerprint density at radius 1 is 1.09 bits per heavy atom. The molecule has 7 nitrogen and oxygen atoms in total. The van der Waals surface area contributed by atoms with Gasteiger partial charge in [-0.2, -0.15) is 18.4 Å². The molecular weight excluding hydrogens is 581 g/mol. The highest BCUT2D eigenvalue weighted by Crippen LogP contribution is 2.45. The Bertz CT molecular complexity index is 1480. The van der Waals surface area contributed by atoms with Gasteiger partial charge in [-0.15, -0.1) is 0 Å². The summed E-state index contributed by atoms with van der Waals surface area (Å²) in [4.78, 5) is 23.3. The average molecular weight is 617 g/mol. The molecule has 2 aromatic rings. The van der Waals surface area contributed by atoms with Crippen LogP contribution in [0.2, 0.25) is 0 Å². The van der Waals surface area contributed by atoms with Crippen LogP contribution in [0.3, 0.4) is 0 Å². The van der Waals surface area contributed by atoms with Crippen LogP contribution in [0.25, 0.3) is 6.08 Å². The summed E-state index contributed by atoms with van der Waals surface area (Å²) < 4.78 is 60.4. The lowest BCUT2D eigenvalue weighted by molar-refractivity contribution is -0.139. The molecule has 0 bridgehead atoms. The maximum atomic E-state index is 14.0. The fourth-order valence-electron chi connectivity index (χ4n) is 5.22. The molecule has 0 saturated carbocycles. The standard InChI is InChI=1S/C32H35F3N2O5S/c1-19-20(2)28-23(21(3)27(19)40-15-9-7-5-6-8-14-36)12-13-31(4,42-28)18-41-25-11-10-22(16-24(25)32(33,34)35)17-26-29(38)37-30(39)43-26/h10-11,16-17H,5-9,12-13,15,18H2,1-4H3,(H,37,38,39)/b26-17-. The van der Waals surface area contributed by atoms with E-state index in [0.717, 1.165) is 65.5 Å². The van der Waals surface area contributed by atoms with E-state index < -0.39 is 28.5 Å². The lowest BCUT2D eigenvalue weighted by Gasteiger charge is -2.38. The van der Waals surface area contributed by atoms with E-state index in [9.17, 15) is 22.8 Å². The summed E-state index contributed by atoms with van der Waals surface area (Å²) >= 11 is 0.636. The number of fused-ring (bicyclic) bond motifs is 1. The summed E-state index contributed by atoms with van der Waals surface area (Å²) in [6, 6.07) is 5.71. The Balaban J connectivity index is 1.47. The number of nitriles is 1. The summed E-state index contributed by atoms with van der Waals surface area (Å²) in [5.74, 6) is 0.579. The first-order valence-corrected chi connectivity index (χ1v) is 15.0. The van der Waals surface area contributed by atoms with Crippen molar-refractivity contribution < 1.29 is 37.0 Å². The number of hydrogen-bond acceptors (Lipinski definition) is 7. The maximum Gasteiger partial charge on any atom is 0.419 e. The van der Waals surface area contributed by atoms with Crippen molar-refractivity contribution in [3.63, 3.8) is 0 Å². The van der Waals surface area contributed by atoms with Crippen molar-refractivity contribution in [3.8, 4) is 23.3 Å². The Labute approximate surface area is 253 Å². The van der Waals surface area contributed by atoms with Crippen LogP contribution in [0.15, 0.2) is 23.1 Å². The van der Waals surface area contributed by atoms with Gasteiger partial charge in [0, 0.05) is 12.0 Å². The highest BCUT2D eigenvalue weighted by atomic mass is 32.2. The van der Waals surface area contributed by atoms with E-state index in [1.807, 2.05) is 27.7 Å². The average Bonchev–Trinajstić information content (AvgIpc) is 3.27. The number of hydrogen-bond donors (Lipinski definition) is 1. The smallest absolute Gasteiger partial charge is 0.419 e. The Hall–Kier alpha value is -3.65. The summed E-state index contributed by atoms with van der Waals surface area (Å²) in [6.07, 6.45) is 2.11. The van der Waals surface area contributed by atoms with E-state index in [4.69, 9.17) is 19.5 Å². The number of benzene rings is 2. The summed E-state index contributed by atoms with van der Waals surface area (Å²) in [7, 11) is 0. The predicted molar refractivity (Wildman–Crippen MR) is 158 cm³/mol. The van der Waals surface area contributed by atoms with Gasteiger partial charge in [0.25, 0.3) is 11.1 Å². The van der Waals surface area contributed by atoms with Gasteiger partial charge in [-0.25, -0.2) is 0 Å². The Morgan fingerprint density at radius 2 is 1.84 bits per heavy atom. The van der Waals surface area contributed by atoms with Gasteiger partial charge in [0.15, 0.2) is 0 Å². The van der Waals surface area contributed by atoms with Gasteiger partial charge in [-0.3, -0.25) is 14.9 Å². The molecule has 0 radical (unpaired) electrons. The molecule has 2 aliphatic heterocycles. The van der Waals surface area contributed by atoms with Crippen LogP contribution < -0.4 is 19.5 Å². The molecule has 11 heteroatoms. The molecule has 0 aliphatic carbocycles. The quantitative estimate of drug-likeness (QED) is 0.202. The van der Waals surface area contributed by atoms with Crippen molar-refractivity contribution >= 4 is 29.0 Å². The Kier molecular flexibility index (Phi) is 10.0. The zero-order valence-corrected chi connectivity index (χ0v) is 25.5. The molecule has 1 N–H and O–H groups in total. The monoisotopic (exact) mass is 616 g/mol. The molecule has 2 aromatic carbocycles. The molecule has 1 unspecified atom stereocenters. The molecule has 43 heavy (non-hydrogen) atoms. The van der Waals surface area contributed by atoms with Crippen LogP contribution in [-0.2, 0) is 17.4 Å². The second-order valence-electron chi connectivity index (χ2n) is 11.1. The van der Waals surface area contributed by atoms with Gasteiger partial charge in [0.2, 0.25) is 0 Å². The zero-order chi connectivity index (χ0) is 31.4. The fourth-order valence-corrected chi connectivity index (χ4v) is 5.90. The van der Waals surface area contributed by atoms with Gasteiger partial charge in [0.1, 0.15) is 29.5 Å². The highest BCUT2D eigenvalue weighted by Gasteiger charge is 2.38. The third-order valence-electron chi connectivity index (χ3n) is 7.77. The van der Waals surface area contributed by atoms with E-state index in [1.54, 1.807) is 0 Å². The molecule has 0 spiro atoms. The van der Waals surface area contributed by atoms with Crippen LogP contribution in [-0.4, -0.2) is 30.0 Å². The number of rotatable bonds is 11. The predicted octanol–water partition coefficient (Wildman–Crippen LogP) is 7.97. The van der Waals surface area contributed by atoms with Gasteiger partial charge in [0.05, 0.1) is 23.1 Å². The third-order valence-corrected chi connectivity index (χ3v) is 8.59. The number of carbonyl (C=O) groups is 2. The van der Waals surface area contributed by atoms with Crippen molar-refractivity contribution in [2.45, 2.75) is 84.4 Å². The minimum absolute atomic E-state index is 0.0232. The van der Waals surface area contributed by atoms with E-state index in [-0.39, 0.29) is 22.8 Å². The van der Waals surface area contributed by atoms with Crippen molar-refractivity contribution in [3.05, 3.63) is 56.5 Å². The minimum atomic E-state index is -4.70. The molecule has 2 heterocycles. The number of nitrogens with one attached hydrogen (secondary N) is 1. The van der Waals surface area contributed by atoms with Gasteiger partial charge in [-0.05, 0) is 106 Å². The zero-order valence-electron chi connectivity index (χ0n) is 24.7. The fraction of sp³-hybridized carbons (Fsp3) is 0.469. The van der Waals surface area contributed by atoms with E-state index in [2.05, 4.69) is 11.4 Å². The van der Waals surface area contributed by atoms with Crippen molar-refractivity contribution in [1.82, 2.24) is 5.32 Å². The van der Waals surface area contributed by atoms with E-state index in [1.165, 1.54) is 18.2 Å². The number of unbranched alkanes of at least 4 members (excludes halogenated alkanes) is 4. The number of amides is 2. The first-order chi connectivity index (χ1) is 20.3. The lowest BCUT2D eigenvalue weighted by atomic mass is 9.87. The molecule has 1 saturated heterocycles. The summed E-state index contributed by atoms with van der Waals surface area (Å²) in [5, 5.41) is 10.2. The number of ether oxygens (including phenoxy) is 3. The number of alkyl halides is 3. The third kappa shape index (κ3) is 7.66. The van der Waals surface area contributed by atoms with E-state index >= 15 is 0 Å². The van der Waals surface area contributed by atoms with Crippen LogP contribution in [0.1, 0.15) is 78.8 Å². The molecule has 1 atom stereocenters. The molecule has 2 amide bonds. The summed E-state index contributed by atoms with van der Waals surface area (Å²) in [5.41, 5.74) is 2.20. The molecule has 1 fully saturated rings. The maximum absolute atomic E-state index is 14.0. The highest BCUT2D eigenvalue weighted by molar-refractivity contribution is 8.18. The first kappa shape index (κ1) is 32.3. The van der Waals surface area contributed by atoms with Crippen molar-refractivity contribution in [2.75, 3.05) is 13.2 Å². The SMILES string of the molecule is Cc1c(C)c2c(c(C)c1OCCCCCCC#N)CCC(C)(COc1ccc(/C=C3\SC(=O)NC3=O)cc1C(F)(F)F)O2. The molecule has 4 rings (SSSR count). The summed E-state index contributed by atoms with van der Waals surface area (Å²) in [6.45, 7) is 8.25. The van der Waals surface area contributed by atoms with Gasteiger partial charge in [-0.1, -0.05) is 18.9 Å². The second kappa shape index (κ2) is 13.3. The van der Waals surface area contributed by atoms with Crippen LogP contribution >= 0.6 is 11.8 Å². The topological polar surface area (TPSA) is 97.6 Å². The van der Waals surface area contributed by atoms with Crippen molar-refractivity contribution in [2.24, 2.45) is 0 Å². The molecule has 2 aliphatic rings. The normalized spacial score (nSPS) is 19.1. The Morgan fingerprint density at radius 3 is 2.51 bits per heavy atom. The molecular formula is C32H35F3N2O5S. The largest absolute Gasteiger partial charge is 0.493 e. The number of carbonyl (C=O) groups excluding carboxylic acids is 2. The van der Waals surface area contributed by atoms with Crippen LogP contribution in [0.4, 0.5) is 18.0 Å². The first-order valence-electron chi connectivity index (χ1n) is 14.2.